The molecule has 4 rings (SSSR count). The lowest BCUT2D eigenvalue weighted by Gasteiger charge is -2.34. The maximum atomic E-state index is 12.2. The van der Waals surface area contributed by atoms with Gasteiger partial charge in [0, 0.05) is 37.6 Å². The molecule has 0 unspecified atom stereocenters. The van der Waals surface area contributed by atoms with Crippen molar-refractivity contribution < 1.29 is 0 Å². The smallest absolute Gasteiger partial charge is 0.258 e. The fourth-order valence-electron chi connectivity index (χ4n) is 3.38. The zero-order chi connectivity index (χ0) is 18.1. The minimum Gasteiger partial charge on any atom is -0.338 e. The van der Waals surface area contributed by atoms with Gasteiger partial charge in [0.15, 0.2) is 0 Å². The Balaban J connectivity index is 1.45. The number of aromatic amines is 1. The molecule has 7 heteroatoms. The van der Waals surface area contributed by atoms with Gasteiger partial charge in [-0.1, -0.05) is 12.1 Å². The number of piperazine rings is 1. The van der Waals surface area contributed by atoms with Crippen molar-refractivity contribution in [2.24, 2.45) is 0 Å². The van der Waals surface area contributed by atoms with E-state index in [9.17, 15) is 4.79 Å². The normalized spacial score (nSPS) is 15.5. The Morgan fingerprint density at radius 2 is 1.69 bits per heavy atom. The van der Waals surface area contributed by atoms with Gasteiger partial charge in [0.1, 0.15) is 5.82 Å². The minimum atomic E-state index is -0.0760. The predicted molar refractivity (Wildman–Crippen MR) is 101 cm³/mol. The SMILES string of the molecule is Cc1cc(C)nc(N2CCN(Cc3nc4ccccc4c(=O)[nH]3)CC2)n1. The second kappa shape index (κ2) is 6.84. The number of H-pyrrole nitrogens is 1. The van der Waals surface area contributed by atoms with Crippen LogP contribution in [0, 0.1) is 13.8 Å². The van der Waals surface area contributed by atoms with Crippen LogP contribution in [0.25, 0.3) is 10.9 Å². The molecule has 1 aliphatic heterocycles. The van der Waals surface area contributed by atoms with Crippen LogP contribution in [0.4, 0.5) is 5.95 Å². The van der Waals surface area contributed by atoms with E-state index in [1.165, 1.54) is 0 Å². The van der Waals surface area contributed by atoms with Crippen molar-refractivity contribution in [3.8, 4) is 0 Å². The first-order valence-corrected chi connectivity index (χ1v) is 8.86. The molecule has 26 heavy (non-hydrogen) atoms. The highest BCUT2D eigenvalue weighted by molar-refractivity contribution is 5.77. The predicted octanol–water partition coefficient (Wildman–Crippen LogP) is 1.65. The average Bonchev–Trinajstić information content (AvgIpc) is 2.61. The summed E-state index contributed by atoms with van der Waals surface area (Å²) in [7, 11) is 0. The van der Waals surface area contributed by atoms with Crippen LogP contribution < -0.4 is 10.5 Å². The molecule has 7 nitrogen and oxygen atoms in total. The van der Waals surface area contributed by atoms with Gasteiger partial charge in [0.05, 0.1) is 17.4 Å². The van der Waals surface area contributed by atoms with Gasteiger partial charge in [0.2, 0.25) is 5.95 Å². The van der Waals surface area contributed by atoms with Gasteiger partial charge < -0.3 is 9.88 Å². The highest BCUT2D eigenvalue weighted by Crippen LogP contribution is 2.14. The Morgan fingerprint density at radius 3 is 2.42 bits per heavy atom. The van der Waals surface area contributed by atoms with E-state index < -0.39 is 0 Å². The molecular weight excluding hydrogens is 328 g/mol. The molecule has 0 atom stereocenters. The summed E-state index contributed by atoms with van der Waals surface area (Å²) in [6, 6.07) is 9.42. The number of para-hydroxylation sites is 1. The molecule has 0 saturated carbocycles. The summed E-state index contributed by atoms with van der Waals surface area (Å²) in [6.45, 7) is 8.12. The Morgan fingerprint density at radius 1 is 1.00 bits per heavy atom. The number of aryl methyl sites for hydroxylation is 2. The number of nitrogens with zero attached hydrogens (tertiary/aromatic N) is 5. The monoisotopic (exact) mass is 350 g/mol. The summed E-state index contributed by atoms with van der Waals surface area (Å²) in [5.74, 6) is 1.52. The van der Waals surface area contributed by atoms with Gasteiger partial charge in [-0.3, -0.25) is 9.69 Å². The molecule has 0 aliphatic carbocycles. The summed E-state index contributed by atoms with van der Waals surface area (Å²) >= 11 is 0. The molecule has 1 saturated heterocycles. The second-order valence-electron chi connectivity index (χ2n) is 6.74. The van der Waals surface area contributed by atoms with Crippen molar-refractivity contribution in [1.82, 2.24) is 24.8 Å². The van der Waals surface area contributed by atoms with Crippen molar-refractivity contribution >= 4 is 16.9 Å². The van der Waals surface area contributed by atoms with E-state index >= 15 is 0 Å². The third kappa shape index (κ3) is 3.43. The highest BCUT2D eigenvalue weighted by atomic mass is 16.1. The first-order valence-electron chi connectivity index (χ1n) is 8.86. The lowest BCUT2D eigenvalue weighted by Crippen LogP contribution is -2.47. The zero-order valence-corrected chi connectivity index (χ0v) is 15.1. The van der Waals surface area contributed by atoms with Gasteiger partial charge in [-0.05, 0) is 32.0 Å². The molecule has 134 valence electrons. The van der Waals surface area contributed by atoms with Crippen LogP contribution in [0.15, 0.2) is 35.1 Å². The summed E-state index contributed by atoms with van der Waals surface area (Å²) in [6.07, 6.45) is 0. The van der Waals surface area contributed by atoms with Crippen molar-refractivity contribution in [3.63, 3.8) is 0 Å². The molecule has 1 aromatic carbocycles. The Hall–Kier alpha value is -2.80. The largest absolute Gasteiger partial charge is 0.338 e. The number of anilines is 1. The zero-order valence-electron chi connectivity index (χ0n) is 15.1. The van der Waals surface area contributed by atoms with E-state index in [2.05, 4.69) is 29.7 Å². The number of nitrogens with one attached hydrogen (secondary N) is 1. The molecule has 3 aromatic rings. The number of hydrogen-bond donors (Lipinski definition) is 1. The van der Waals surface area contributed by atoms with E-state index in [4.69, 9.17) is 0 Å². The van der Waals surface area contributed by atoms with Crippen molar-refractivity contribution in [2.45, 2.75) is 20.4 Å². The van der Waals surface area contributed by atoms with Gasteiger partial charge in [-0.2, -0.15) is 0 Å². The van der Waals surface area contributed by atoms with Crippen LogP contribution in [-0.4, -0.2) is 51.0 Å². The molecule has 3 heterocycles. The molecule has 0 radical (unpaired) electrons. The molecule has 0 bridgehead atoms. The second-order valence-corrected chi connectivity index (χ2v) is 6.74. The van der Waals surface area contributed by atoms with Crippen LogP contribution in [0.3, 0.4) is 0 Å². The maximum Gasteiger partial charge on any atom is 0.258 e. The van der Waals surface area contributed by atoms with Crippen LogP contribution in [0.5, 0.6) is 0 Å². The van der Waals surface area contributed by atoms with Gasteiger partial charge >= 0.3 is 0 Å². The summed E-state index contributed by atoms with van der Waals surface area (Å²) in [5, 5.41) is 0.632. The summed E-state index contributed by atoms with van der Waals surface area (Å²) in [5.41, 5.74) is 2.65. The molecule has 1 N–H and O–H groups in total. The van der Waals surface area contributed by atoms with E-state index in [0.717, 1.165) is 49.0 Å². The van der Waals surface area contributed by atoms with E-state index in [1.54, 1.807) is 6.07 Å². The van der Waals surface area contributed by atoms with E-state index in [1.807, 2.05) is 38.1 Å². The minimum absolute atomic E-state index is 0.0760. The molecule has 1 fully saturated rings. The lowest BCUT2D eigenvalue weighted by molar-refractivity contribution is 0.243. The van der Waals surface area contributed by atoms with Crippen LogP contribution >= 0.6 is 0 Å². The number of rotatable bonds is 3. The molecule has 1 aliphatic rings. The Kier molecular flexibility index (Phi) is 4.38. The van der Waals surface area contributed by atoms with Crippen LogP contribution in [-0.2, 0) is 6.54 Å². The fourth-order valence-corrected chi connectivity index (χ4v) is 3.38. The van der Waals surface area contributed by atoms with Crippen molar-refractivity contribution in [2.75, 3.05) is 31.1 Å². The van der Waals surface area contributed by atoms with Crippen LogP contribution in [0.1, 0.15) is 17.2 Å². The first-order chi connectivity index (χ1) is 12.6. The van der Waals surface area contributed by atoms with Crippen LogP contribution in [0.2, 0.25) is 0 Å². The molecular formula is C19H22N6O. The van der Waals surface area contributed by atoms with E-state index in [-0.39, 0.29) is 5.56 Å². The fraction of sp³-hybridized carbons (Fsp3) is 0.368. The topological polar surface area (TPSA) is 78.0 Å². The van der Waals surface area contributed by atoms with Gasteiger partial charge in [-0.15, -0.1) is 0 Å². The van der Waals surface area contributed by atoms with Crippen molar-refractivity contribution in [3.05, 3.63) is 57.9 Å². The van der Waals surface area contributed by atoms with Gasteiger partial charge in [0.25, 0.3) is 5.56 Å². The maximum absolute atomic E-state index is 12.2. The van der Waals surface area contributed by atoms with E-state index in [0.29, 0.717) is 17.8 Å². The Bertz CT molecular complexity index is 970. The molecule has 0 spiro atoms. The number of aromatic nitrogens is 4. The summed E-state index contributed by atoms with van der Waals surface area (Å²) < 4.78 is 0. The molecule has 0 amide bonds. The van der Waals surface area contributed by atoms with Gasteiger partial charge in [-0.25, -0.2) is 15.0 Å². The average molecular weight is 350 g/mol. The quantitative estimate of drug-likeness (QED) is 0.774. The number of fused-ring (bicyclic) bond motifs is 1. The summed E-state index contributed by atoms with van der Waals surface area (Å²) in [4.78, 5) is 33.3. The third-order valence-electron chi connectivity index (χ3n) is 4.66. The Labute approximate surface area is 151 Å². The highest BCUT2D eigenvalue weighted by Gasteiger charge is 2.20. The molecule has 2 aromatic heterocycles. The number of benzene rings is 1. The number of hydrogen-bond acceptors (Lipinski definition) is 6. The van der Waals surface area contributed by atoms with Crippen molar-refractivity contribution in [1.29, 1.82) is 0 Å². The standard InChI is InChI=1S/C19H22N6O/c1-13-11-14(2)21-19(20-13)25-9-7-24(8-10-25)12-17-22-16-6-4-3-5-15(16)18(26)23-17/h3-6,11H,7-10,12H2,1-2H3,(H,22,23,26). The first kappa shape index (κ1) is 16.7. The third-order valence-corrected chi connectivity index (χ3v) is 4.66. The lowest BCUT2D eigenvalue weighted by atomic mass is 10.2.